The fourth-order valence-corrected chi connectivity index (χ4v) is 5.28. The quantitative estimate of drug-likeness (QED) is 0.363. The summed E-state index contributed by atoms with van der Waals surface area (Å²) in [4.78, 5) is 20.7. The number of nitrogens with zero attached hydrogens (tertiary/aromatic N) is 3. The first-order chi connectivity index (χ1) is 18.5. The Morgan fingerprint density at radius 3 is 2.68 bits per heavy atom. The molecule has 5 rings (SSSR count). The number of likely N-dealkylation sites (tertiary alicyclic amines) is 1. The maximum atomic E-state index is 12.1. The van der Waals surface area contributed by atoms with E-state index in [0.29, 0.717) is 29.7 Å². The largest absolute Gasteiger partial charge is 0.483 e. The lowest BCUT2D eigenvalue weighted by atomic mass is 9.89. The predicted molar refractivity (Wildman–Crippen MR) is 151 cm³/mol. The number of hydrogen-bond acceptors (Lipinski definition) is 5. The highest BCUT2D eigenvalue weighted by atomic mass is 35.5. The van der Waals surface area contributed by atoms with Crippen LogP contribution in [0.4, 0.5) is 0 Å². The summed E-state index contributed by atoms with van der Waals surface area (Å²) in [6.07, 6.45) is 7.98. The molecule has 198 valence electrons. The van der Waals surface area contributed by atoms with Crippen LogP contribution >= 0.6 is 11.6 Å². The van der Waals surface area contributed by atoms with Gasteiger partial charge in [0.2, 0.25) is 5.88 Å². The molecule has 1 amide bonds. The van der Waals surface area contributed by atoms with E-state index in [9.17, 15) is 4.79 Å². The molecule has 0 saturated carbocycles. The zero-order valence-electron chi connectivity index (χ0n) is 22.0. The molecule has 2 aromatic carbocycles. The van der Waals surface area contributed by atoms with Crippen LogP contribution in [0.1, 0.15) is 41.9 Å². The summed E-state index contributed by atoms with van der Waals surface area (Å²) in [5.41, 5.74) is 4.49. The van der Waals surface area contributed by atoms with Gasteiger partial charge in [0.15, 0.2) is 6.61 Å². The second-order valence-corrected chi connectivity index (χ2v) is 10.6. The van der Waals surface area contributed by atoms with Gasteiger partial charge >= 0.3 is 0 Å². The van der Waals surface area contributed by atoms with Crippen LogP contribution in [0.2, 0.25) is 5.02 Å². The molecule has 1 aromatic heterocycles. The number of carbonyl (C=O) groups excluding carboxylic acids is 1. The van der Waals surface area contributed by atoms with E-state index in [1.807, 2.05) is 36.4 Å². The third-order valence-electron chi connectivity index (χ3n) is 7.40. The third kappa shape index (κ3) is 6.20. The Kier molecular flexibility index (Phi) is 8.30. The van der Waals surface area contributed by atoms with E-state index in [0.717, 1.165) is 47.8 Å². The number of fused-ring (bicyclic) bond motifs is 2. The van der Waals surface area contributed by atoms with E-state index in [1.165, 1.54) is 23.3 Å². The van der Waals surface area contributed by atoms with E-state index >= 15 is 0 Å². The van der Waals surface area contributed by atoms with Gasteiger partial charge in [-0.25, -0.2) is 4.98 Å². The summed E-state index contributed by atoms with van der Waals surface area (Å²) in [6, 6.07) is 18.0. The fourth-order valence-electron chi connectivity index (χ4n) is 5.15. The molecule has 0 atom stereocenters. The monoisotopic (exact) mass is 531 g/mol. The molecule has 0 radical (unpaired) electrons. The smallest absolute Gasteiger partial charge is 0.259 e. The average molecular weight is 532 g/mol. The van der Waals surface area contributed by atoms with Gasteiger partial charge in [-0.2, -0.15) is 0 Å². The van der Waals surface area contributed by atoms with Crippen LogP contribution in [0.25, 0.3) is 5.57 Å². The van der Waals surface area contributed by atoms with Gasteiger partial charge in [0, 0.05) is 49.4 Å². The minimum Gasteiger partial charge on any atom is -0.483 e. The highest BCUT2D eigenvalue weighted by molar-refractivity contribution is 6.30. The topological polar surface area (TPSA) is 54.9 Å². The van der Waals surface area contributed by atoms with Crippen molar-refractivity contribution in [2.45, 2.75) is 31.6 Å². The van der Waals surface area contributed by atoms with Gasteiger partial charge < -0.3 is 19.3 Å². The second kappa shape index (κ2) is 12.0. The van der Waals surface area contributed by atoms with Crippen molar-refractivity contribution in [3.8, 4) is 17.4 Å². The number of rotatable bonds is 7. The van der Waals surface area contributed by atoms with Crippen molar-refractivity contribution < 1.29 is 14.3 Å². The number of aromatic nitrogens is 1. The molecule has 38 heavy (non-hydrogen) atoms. The Bertz CT molecular complexity index is 1300. The average Bonchev–Trinajstić information content (AvgIpc) is 3.09. The number of ether oxygens (including phenoxy) is 2. The Labute approximate surface area is 229 Å². The number of hydrogen-bond donors (Lipinski definition) is 0. The lowest BCUT2D eigenvalue weighted by Gasteiger charge is -2.32. The summed E-state index contributed by atoms with van der Waals surface area (Å²) < 4.78 is 12.2. The SMILES string of the molecule is CN(C)C(=O)COc1cccc2c1CC(=CCCN1CCC(c3ccc(Cl)cc3)CC1)c1cccnc1O2. The highest BCUT2D eigenvalue weighted by Gasteiger charge is 2.24. The van der Waals surface area contributed by atoms with Crippen LogP contribution in [0.3, 0.4) is 0 Å². The second-order valence-electron chi connectivity index (χ2n) is 10.1. The number of pyridine rings is 1. The van der Waals surface area contributed by atoms with Crippen LogP contribution in [-0.2, 0) is 11.2 Å². The molecule has 0 unspecified atom stereocenters. The molecule has 2 aliphatic rings. The van der Waals surface area contributed by atoms with Gasteiger partial charge in [-0.3, -0.25) is 4.79 Å². The molecule has 2 aliphatic heterocycles. The Hall–Kier alpha value is -3.35. The molecule has 0 N–H and O–H groups in total. The summed E-state index contributed by atoms with van der Waals surface area (Å²) in [6.45, 7) is 3.19. The first kappa shape index (κ1) is 26.3. The van der Waals surface area contributed by atoms with Crippen molar-refractivity contribution in [2.24, 2.45) is 0 Å². The Balaban J connectivity index is 1.27. The Morgan fingerprint density at radius 2 is 1.92 bits per heavy atom. The van der Waals surface area contributed by atoms with Gasteiger partial charge in [0.05, 0.1) is 0 Å². The number of amides is 1. The van der Waals surface area contributed by atoms with E-state index in [2.05, 4.69) is 34.2 Å². The maximum absolute atomic E-state index is 12.1. The predicted octanol–water partition coefficient (Wildman–Crippen LogP) is 6.20. The number of halogens is 1. The zero-order valence-corrected chi connectivity index (χ0v) is 22.8. The minimum absolute atomic E-state index is 0.0142. The van der Waals surface area contributed by atoms with Crippen LogP contribution in [0, 0.1) is 0 Å². The lowest BCUT2D eigenvalue weighted by molar-refractivity contribution is -0.130. The number of allylic oxidation sites excluding steroid dienone is 1. The normalized spacial score (nSPS) is 16.8. The number of likely N-dealkylation sites (N-methyl/N-ethyl adjacent to an activating group) is 1. The first-order valence-corrected chi connectivity index (χ1v) is 13.6. The van der Waals surface area contributed by atoms with Gasteiger partial charge in [0.25, 0.3) is 5.91 Å². The van der Waals surface area contributed by atoms with Crippen LogP contribution < -0.4 is 9.47 Å². The summed E-state index contributed by atoms with van der Waals surface area (Å²) >= 11 is 6.07. The summed E-state index contributed by atoms with van der Waals surface area (Å²) in [5.74, 6) is 2.50. The molecule has 3 aromatic rings. The van der Waals surface area contributed by atoms with Crippen LogP contribution in [0.15, 0.2) is 66.9 Å². The summed E-state index contributed by atoms with van der Waals surface area (Å²) in [5, 5.41) is 0.795. The van der Waals surface area contributed by atoms with Crippen molar-refractivity contribution in [2.75, 3.05) is 40.3 Å². The van der Waals surface area contributed by atoms with E-state index in [4.69, 9.17) is 21.1 Å². The molecular formula is C31H34ClN3O3. The number of carbonyl (C=O) groups is 1. The molecule has 6 nitrogen and oxygen atoms in total. The molecular weight excluding hydrogens is 498 g/mol. The standard InChI is InChI=1S/C31H34ClN3O3/c1-34(2)30(36)21-37-28-8-3-9-29-27(28)20-24(26-7-4-16-33-31(26)38-29)6-5-17-35-18-14-23(15-19-35)22-10-12-25(32)13-11-22/h3-4,6-13,16,23H,5,14-15,17-21H2,1-2H3. The van der Waals surface area contributed by atoms with Gasteiger partial charge in [-0.1, -0.05) is 35.9 Å². The maximum Gasteiger partial charge on any atom is 0.259 e. The molecule has 3 heterocycles. The molecule has 0 spiro atoms. The van der Waals surface area contributed by atoms with Crippen LogP contribution in [0.5, 0.6) is 17.4 Å². The molecule has 1 saturated heterocycles. The molecule has 0 aliphatic carbocycles. The number of benzene rings is 2. The first-order valence-electron chi connectivity index (χ1n) is 13.2. The molecule has 0 bridgehead atoms. The van der Waals surface area contributed by atoms with Gasteiger partial charge in [-0.15, -0.1) is 0 Å². The van der Waals surface area contributed by atoms with Crippen molar-refractivity contribution in [1.29, 1.82) is 0 Å². The van der Waals surface area contributed by atoms with E-state index in [1.54, 1.807) is 20.3 Å². The fraction of sp³-hybridized carbons (Fsp3) is 0.355. The minimum atomic E-state index is -0.0855. The lowest BCUT2D eigenvalue weighted by Crippen LogP contribution is -2.33. The molecule has 7 heteroatoms. The van der Waals surface area contributed by atoms with Gasteiger partial charge in [-0.05, 0) is 85.8 Å². The zero-order chi connectivity index (χ0) is 26.5. The third-order valence-corrected chi connectivity index (χ3v) is 7.65. The Morgan fingerprint density at radius 1 is 1.13 bits per heavy atom. The van der Waals surface area contributed by atoms with Gasteiger partial charge in [0.1, 0.15) is 11.5 Å². The number of piperidine rings is 1. The molecule has 1 fully saturated rings. The van der Waals surface area contributed by atoms with E-state index in [-0.39, 0.29) is 12.5 Å². The van der Waals surface area contributed by atoms with Crippen LogP contribution in [-0.4, -0.2) is 61.0 Å². The van der Waals surface area contributed by atoms with Crippen molar-refractivity contribution in [3.63, 3.8) is 0 Å². The van der Waals surface area contributed by atoms with Crippen molar-refractivity contribution >= 4 is 23.1 Å². The summed E-state index contributed by atoms with van der Waals surface area (Å²) in [7, 11) is 3.45. The van der Waals surface area contributed by atoms with Crippen molar-refractivity contribution in [3.05, 3.63) is 88.6 Å². The van der Waals surface area contributed by atoms with E-state index < -0.39 is 0 Å². The van der Waals surface area contributed by atoms with Crippen molar-refractivity contribution in [1.82, 2.24) is 14.8 Å². The highest BCUT2D eigenvalue weighted by Crippen LogP contribution is 2.41.